The van der Waals surface area contributed by atoms with Crippen molar-refractivity contribution in [2.75, 3.05) is 6.61 Å². The molecule has 0 saturated carbocycles. The van der Waals surface area contributed by atoms with Gasteiger partial charge >= 0.3 is 0 Å². The summed E-state index contributed by atoms with van der Waals surface area (Å²) in [6.45, 7) is 8.98. The van der Waals surface area contributed by atoms with Crippen LogP contribution in [0.3, 0.4) is 0 Å². The highest BCUT2D eigenvalue weighted by molar-refractivity contribution is 5.46. The highest BCUT2D eigenvalue weighted by Gasteiger charge is 2.32. The van der Waals surface area contributed by atoms with Gasteiger partial charge in [0.05, 0.1) is 12.7 Å². The van der Waals surface area contributed by atoms with Crippen LogP contribution in [0.15, 0.2) is 12.1 Å². The molecule has 2 nitrogen and oxygen atoms in total. The predicted molar refractivity (Wildman–Crippen MR) is 60.2 cm³/mol. The standard InChI is InChI=1S/C13H18O2/c1-8-5-10-9(2)15-7-13(3,4)11(10)6-12(8)14/h5-6,9,14H,7H2,1-4H3. The summed E-state index contributed by atoms with van der Waals surface area (Å²) < 4.78 is 5.73. The van der Waals surface area contributed by atoms with E-state index in [4.69, 9.17) is 4.74 Å². The van der Waals surface area contributed by atoms with Crippen LogP contribution in [0.1, 0.15) is 43.6 Å². The SMILES string of the molecule is Cc1cc2c(cc1O)C(C)(C)COC2C. The zero-order valence-corrected chi connectivity index (χ0v) is 9.79. The Hall–Kier alpha value is -1.02. The second-order valence-corrected chi connectivity index (χ2v) is 5.06. The van der Waals surface area contributed by atoms with Crippen LogP contribution >= 0.6 is 0 Å². The fourth-order valence-corrected chi connectivity index (χ4v) is 2.14. The van der Waals surface area contributed by atoms with E-state index in [1.54, 1.807) is 0 Å². The van der Waals surface area contributed by atoms with Crippen molar-refractivity contribution in [3.63, 3.8) is 0 Å². The fourth-order valence-electron chi connectivity index (χ4n) is 2.14. The third-order valence-corrected chi connectivity index (χ3v) is 3.23. The molecule has 0 spiro atoms. The molecule has 0 aromatic heterocycles. The summed E-state index contributed by atoms with van der Waals surface area (Å²) in [7, 11) is 0. The van der Waals surface area contributed by atoms with Crippen molar-refractivity contribution in [2.45, 2.75) is 39.2 Å². The number of fused-ring (bicyclic) bond motifs is 1. The number of hydrogen-bond donors (Lipinski definition) is 1. The van der Waals surface area contributed by atoms with Gasteiger partial charge in [-0.2, -0.15) is 0 Å². The number of benzene rings is 1. The zero-order valence-electron chi connectivity index (χ0n) is 9.79. The third kappa shape index (κ3) is 1.63. The van der Waals surface area contributed by atoms with Gasteiger partial charge in [0, 0.05) is 5.41 Å². The van der Waals surface area contributed by atoms with Crippen LogP contribution in [0.2, 0.25) is 0 Å². The van der Waals surface area contributed by atoms with E-state index in [0.29, 0.717) is 12.4 Å². The number of rotatable bonds is 0. The lowest BCUT2D eigenvalue weighted by molar-refractivity contribution is 0.0176. The number of hydrogen-bond acceptors (Lipinski definition) is 2. The van der Waals surface area contributed by atoms with Crippen molar-refractivity contribution in [3.05, 3.63) is 28.8 Å². The molecule has 1 N–H and O–H groups in total. The first kappa shape index (κ1) is 10.5. The van der Waals surface area contributed by atoms with Crippen molar-refractivity contribution < 1.29 is 9.84 Å². The van der Waals surface area contributed by atoms with Crippen molar-refractivity contribution in [1.82, 2.24) is 0 Å². The van der Waals surface area contributed by atoms with E-state index in [9.17, 15) is 5.11 Å². The molecule has 2 rings (SSSR count). The zero-order chi connectivity index (χ0) is 11.2. The van der Waals surface area contributed by atoms with Gasteiger partial charge in [0.1, 0.15) is 5.75 Å². The number of ether oxygens (including phenoxy) is 1. The molecule has 0 aliphatic carbocycles. The van der Waals surface area contributed by atoms with Gasteiger partial charge in [-0.05, 0) is 42.7 Å². The second kappa shape index (κ2) is 3.24. The van der Waals surface area contributed by atoms with Crippen LogP contribution < -0.4 is 0 Å². The van der Waals surface area contributed by atoms with E-state index in [2.05, 4.69) is 20.8 Å². The van der Waals surface area contributed by atoms with Crippen LogP contribution in [0.5, 0.6) is 5.75 Å². The predicted octanol–water partition coefficient (Wildman–Crippen LogP) is 3.07. The number of phenols is 1. The second-order valence-electron chi connectivity index (χ2n) is 5.06. The Kier molecular flexibility index (Phi) is 2.27. The van der Waals surface area contributed by atoms with Crippen molar-refractivity contribution in [2.24, 2.45) is 0 Å². The van der Waals surface area contributed by atoms with Gasteiger partial charge in [0.15, 0.2) is 0 Å². The Bertz CT molecular complexity index is 394. The monoisotopic (exact) mass is 206 g/mol. The van der Waals surface area contributed by atoms with Crippen LogP contribution in [0.25, 0.3) is 0 Å². The van der Waals surface area contributed by atoms with E-state index in [1.165, 1.54) is 11.1 Å². The molecule has 1 aromatic carbocycles. The minimum Gasteiger partial charge on any atom is -0.508 e. The van der Waals surface area contributed by atoms with Crippen molar-refractivity contribution >= 4 is 0 Å². The molecular formula is C13H18O2. The van der Waals surface area contributed by atoms with Gasteiger partial charge in [-0.25, -0.2) is 0 Å². The number of phenolic OH excluding ortho intramolecular Hbond substituents is 1. The molecule has 0 saturated heterocycles. The van der Waals surface area contributed by atoms with E-state index < -0.39 is 0 Å². The number of aromatic hydroxyl groups is 1. The molecule has 0 radical (unpaired) electrons. The highest BCUT2D eigenvalue weighted by atomic mass is 16.5. The smallest absolute Gasteiger partial charge is 0.118 e. The van der Waals surface area contributed by atoms with Crippen LogP contribution in [-0.4, -0.2) is 11.7 Å². The van der Waals surface area contributed by atoms with E-state index in [-0.39, 0.29) is 11.5 Å². The summed E-state index contributed by atoms with van der Waals surface area (Å²) in [6, 6.07) is 3.93. The molecule has 1 heterocycles. The van der Waals surface area contributed by atoms with Crippen LogP contribution in [-0.2, 0) is 10.2 Å². The summed E-state index contributed by atoms with van der Waals surface area (Å²) in [5.41, 5.74) is 3.33. The molecule has 2 heteroatoms. The molecular weight excluding hydrogens is 188 g/mol. The van der Waals surface area contributed by atoms with Gasteiger partial charge in [-0.1, -0.05) is 13.8 Å². The Labute approximate surface area is 90.9 Å². The van der Waals surface area contributed by atoms with Crippen LogP contribution in [0, 0.1) is 6.92 Å². The first-order valence-corrected chi connectivity index (χ1v) is 5.37. The first-order valence-electron chi connectivity index (χ1n) is 5.37. The van der Waals surface area contributed by atoms with Gasteiger partial charge in [0.25, 0.3) is 0 Å². The summed E-state index contributed by atoms with van der Waals surface area (Å²) in [4.78, 5) is 0. The summed E-state index contributed by atoms with van der Waals surface area (Å²) in [6.07, 6.45) is 0.132. The largest absolute Gasteiger partial charge is 0.508 e. The summed E-state index contributed by atoms with van der Waals surface area (Å²) >= 11 is 0. The lowest BCUT2D eigenvalue weighted by Gasteiger charge is -2.36. The maximum atomic E-state index is 9.75. The molecule has 1 unspecified atom stereocenters. The molecule has 15 heavy (non-hydrogen) atoms. The quantitative estimate of drug-likeness (QED) is 0.707. The molecule has 0 amide bonds. The van der Waals surface area contributed by atoms with Crippen molar-refractivity contribution in [3.8, 4) is 5.75 Å². The summed E-state index contributed by atoms with van der Waals surface area (Å²) in [5, 5.41) is 9.75. The molecule has 1 atom stereocenters. The average Bonchev–Trinajstić information content (AvgIpc) is 2.16. The maximum absolute atomic E-state index is 9.75. The normalized spacial score (nSPS) is 23.6. The topological polar surface area (TPSA) is 29.5 Å². The van der Waals surface area contributed by atoms with Gasteiger partial charge < -0.3 is 9.84 Å². The highest BCUT2D eigenvalue weighted by Crippen LogP contribution is 2.40. The molecule has 1 aromatic rings. The van der Waals surface area contributed by atoms with Crippen LogP contribution in [0.4, 0.5) is 0 Å². The van der Waals surface area contributed by atoms with E-state index in [0.717, 1.165) is 5.56 Å². The van der Waals surface area contributed by atoms with E-state index >= 15 is 0 Å². The maximum Gasteiger partial charge on any atom is 0.118 e. The van der Waals surface area contributed by atoms with Gasteiger partial charge in [-0.15, -0.1) is 0 Å². The molecule has 82 valence electrons. The Morgan fingerprint density at radius 1 is 1.40 bits per heavy atom. The Morgan fingerprint density at radius 2 is 2.07 bits per heavy atom. The molecule has 1 aliphatic rings. The molecule has 0 fully saturated rings. The average molecular weight is 206 g/mol. The first-order chi connectivity index (χ1) is 6.92. The van der Waals surface area contributed by atoms with Gasteiger partial charge in [0.2, 0.25) is 0 Å². The molecule has 1 aliphatic heterocycles. The fraction of sp³-hybridized carbons (Fsp3) is 0.538. The molecule has 0 bridgehead atoms. The lowest BCUT2D eigenvalue weighted by atomic mass is 9.78. The third-order valence-electron chi connectivity index (χ3n) is 3.23. The number of aryl methyl sites for hydroxylation is 1. The minimum atomic E-state index is -0.00692. The Morgan fingerprint density at radius 3 is 2.73 bits per heavy atom. The summed E-state index contributed by atoms with van der Waals surface area (Å²) in [5.74, 6) is 0.385. The lowest BCUT2D eigenvalue weighted by Crippen LogP contribution is -2.31. The minimum absolute atomic E-state index is 0.00692. The van der Waals surface area contributed by atoms with E-state index in [1.807, 2.05) is 19.1 Å². The Balaban J connectivity index is 2.63. The van der Waals surface area contributed by atoms with Gasteiger partial charge in [-0.3, -0.25) is 0 Å². The van der Waals surface area contributed by atoms with Crippen molar-refractivity contribution in [1.29, 1.82) is 0 Å².